The van der Waals surface area contributed by atoms with E-state index in [0.717, 1.165) is 0 Å². The average molecular weight is 304 g/mol. The van der Waals surface area contributed by atoms with Crippen LogP contribution in [0.25, 0.3) is 0 Å². The largest absolute Gasteiger partial charge is 0.515 e. The Balaban J connectivity index is 2.98. The molecule has 1 heterocycles. The van der Waals surface area contributed by atoms with Gasteiger partial charge in [0.2, 0.25) is 0 Å². The van der Waals surface area contributed by atoms with Crippen LogP contribution in [0.5, 0.6) is 11.6 Å². The van der Waals surface area contributed by atoms with Gasteiger partial charge in [0.1, 0.15) is 5.15 Å². The molecule has 0 fully saturated rings. The van der Waals surface area contributed by atoms with Crippen LogP contribution in [0.4, 0.5) is 9.59 Å². The predicted molar refractivity (Wildman–Crippen MR) is 69.3 cm³/mol. The first-order chi connectivity index (χ1) is 9.47. The highest BCUT2D eigenvalue weighted by atomic mass is 35.5. The number of ether oxygens (including phenoxy) is 4. The highest BCUT2D eigenvalue weighted by molar-refractivity contribution is 6.30. The summed E-state index contributed by atoms with van der Waals surface area (Å²) in [6, 6.07) is 1.40. The van der Waals surface area contributed by atoms with Crippen LogP contribution in [0, 0.1) is 6.92 Å². The number of rotatable bonds is 4. The molecule has 0 saturated carbocycles. The molecule has 0 aliphatic carbocycles. The molecular weight excluding hydrogens is 290 g/mol. The van der Waals surface area contributed by atoms with Crippen LogP contribution in [0.1, 0.15) is 19.4 Å². The second kappa shape index (κ2) is 7.54. The number of aromatic nitrogens is 1. The number of hydrogen-bond donors (Lipinski definition) is 0. The van der Waals surface area contributed by atoms with Crippen LogP contribution in [-0.2, 0) is 9.47 Å². The lowest BCUT2D eigenvalue weighted by Gasteiger charge is -2.10. The van der Waals surface area contributed by atoms with E-state index in [1.807, 2.05) is 0 Å². The van der Waals surface area contributed by atoms with Crippen LogP contribution >= 0.6 is 11.6 Å². The number of aryl methyl sites for hydroxylation is 1. The maximum absolute atomic E-state index is 11.3. The third-order valence-corrected chi connectivity index (χ3v) is 2.36. The monoisotopic (exact) mass is 303 g/mol. The van der Waals surface area contributed by atoms with Crippen LogP contribution in [0.2, 0.25) is 5.15 Å². The van der Waals surface area contributed by atoms with Crippen molar-refractivity contribution in [1.82, 2.24) is 4.98 Å². The second-order valence-corrected chi connectivity index (χ2v) is 3.83. The van der Waals surface area contributed by atoms with Gasteiger partial charge in [-0.1, -0.05) is 11.6 Å². The van der Waals surface area contributed by atoms with Crippen molar-refractivity contribution in [3.8, 4) is 11.6 Å². The molecule has 20 heavy (non-hydrogen) atoms. The maximum atomic E-state index is 11.3. The van der Waals surface area contributed by atoms with Crippen molar-refractivity contribution in [2.75, 3.05) is 13.2 Å². The number of halogens is 1. The van der Waals surface area contributed by atoms with Gasteiger partial charge in [0.15, 0.2) is 5.75 Å². The van der Waals surface area contributed by atoms with E-state index >= 15 is 0 Å². The van der Waals surface area contributed by atoms with Crippen molar-refractivity contribution in [2.24, 2.45) is 0 Å². The van der Waals surface area contributed by atoms with E-state index in [-0.39, 0.29) is 30.0 Å². The standard InChI is InChI=1S/C12H14ClNO6/c1-4-17-11(15)19-8-6-7(3)9(13)14-10(8)20-12(16)18-5-2/h6H,4-5H2,1-3H3. The maximum Gasteiger partial charge on any atom is 0.515 e. The molecule has 0 spiro atoms. The molecule has 1 aromatic rings. The smallest absolute Gasteiger partial charge is 0.434 e. The quantitative estimate of drug-likeness (QED) is 0.624. The molecule has 0 atom stereocenters. The normalized spacial score (nSPS) is 9.80. The lowest BCUT2D eigenvalue weighted by atomic mass is 10.3. The van der Waals surface area contributed by atoms with Crippen molar-refractivity contribution < 1.29 is 28.5 Å². The Morgan fingerprint density at radius 3 is 2.25 bits per heavy atom. The minimum atomic E-state index is -0.978. The van der Waals surface area contributed by atoms with Crippen molar-refractivity contribution in [3.05, 3.63) is 16.8 Å². The van der Waals surface area contributed by atoms with Gasteiger partial charge in [-0.05, 0) is 32.4 Å². The van der Waals surface area contributed by atoms with E-state index in [4.69, 9.17) is 21.1 Å². The summed E-state index contributed by atoms with van der Waals surface area (Å²) in [5.41, 5.74) is 0.544. The molecule has 0 saturated heterocycles. The van der Waals surface area contributed by atoms with Crippen LogP contribution in [0.15, 0.2) is 6.07 Å². The molecule has 0 unspecified atom stereocenters. The minimum absolute atomic E-state index is 0.0848. The van der Waals surface area contributed by atoms with Gasteiger partial charge >= 0.3 is 12.3 Å². The summed E-state index contributed by atoms with van der Waals surface area (Å²) in [5.74, 6) is -0.356. The van der Waals surface area contributed by atoms with Crippen LogP contribution in [-0.4, -0.2) is 30.5 Å². The number of hydrogen-bond acceptors (Lipinski definition) is 7. The number of pyridine rings is 1. The van der Waals surface area contributed by atoms with Gasteiger partial charge in [-0.3, -0.25) is 0 Å². The number of carbonyl (C=O) groups is 2. The van der Waals surface area contributed by atoms with Gasteiger partial charge in [-0.15, -0.1) is 0 Å². The van der Waals surface area contributed by atoms with Gasteiger partial charge in [0.25, 0.3) is 5.88 Å². The Morgan fingerprint density at radius 1 is 1.15 bits per heavy atom. The van der Waals surface area contributed by atoms with E-state index < -0.39 is 12.3 Å². The van der Waals surface area contributed by atoms with E-state index in [0.29, 0.717) is 5.56 Å². The molecule has 0 N–H and O–H groups in total. The van der Waals surface area contributed by atoms with Crippen molar-refractivity contribution in [1.29, 1.82) is 0 Å². The molecule has 0 aliphatic rings. The molecule has 1 aromatic heterocycles. The highest BCUT2D eigenvalue weighted by Crippen LogP contribution is 2.30. The van der Waals surface area contributed by atoms with E-state index in [2.05, 4.69) is 14.5 Å². The van der Waals surface area contributed by atoms with E-state index in [1.165, 1.54) is 6.07 Å². The van der Waals surface area contributed by atoms with E-state index in [1.54, 1.807) is 20.8 Å². The molecule has 7 nitrogen and oxygen atoms in total. The van der Waals surface area contributed by atoms with Crippen molar-refractivity contribution in [2.45, 2.75) is 20.8 Å². The van der Waals surface area contributed by atoms with E-state index in [9.17, 15) is 9.59 Å². The Bertz CT molecular complexity index is 460. The summed E-state index contributed by atoms with van der Waals surface area (Å²) in [6.45, 7) is 5.18. The van der Waals surface area contributed by atoms with Crippen molar-refractivity contribution in [3.63, 3.8) is 0 Å². The van der Waals surface area contributed by atoms with Gasteiger partial charge in [-0.2, -0.15) is 4.98 Å². The Hall–Kier alpha value is -2.02. The lowest BCUT2D eigenvalue weighted by molar-refractivity contribution is 0.0925. The van der Waals surface area contributed by atoms with Crippen LogP contribution in [0.3, 0.4) is 0 Å². The minimum Gasteiger partial charge on any atom is -0.434 e. The second-order valence-electron chi connectivity index (χ2n) is 3.47. The Labute approximate surface area is 120 Å². The number of nitrogens with zero attached hydrogens (tertiary/aromatic N) is 1. The highest BCUT2D eigenvalue weighted by Gasteiger charge is 2.18. The van der Waals surface area contributed by atoms with Crippen molar-refractivity contribution >= 4 is 23.9 Å². The SMILES string of the molecule is CCOC(=O)Oc1cc(C)c(Cl)nc1OC(=O)OCC. The summed E-state index contributed by atoms with van der Waals surface area (Å²) < 4.78 is 18.9. The third kappa shape index (κ3) is 4.58. The summed E-state index contributed by atoms with van der Waals surface area (Å²) in [4.78, 5) is 26.4. The molecule has 110 valence electrons. The zero-order valence-corrected chi connectivity index (χ0v) is 12.0. The molecule has 0 aromatic carbocycles. The third-order valence-electron chi connectivity index (χ3n) is 1.98. The van der Waals surface area contributed by atoms with Gasteiger partial charge < -0.3 is 18.9 Å². The first-order valence-corrected chi connectivity index (χ1v) is 6.22. The fourth-order valence-corrected chi connectivity index (χ4v) is 1.29. The first-order valence-electron chi connectivity index (χ1n) is 5.84. The molecule has 0 radical (unpaired) electrons. The summed E-state index contributed by atoms with van der Waals surface area (Å²) in [6.07, 6.45) is -1.92. The topological polar surface area (TPSA) is 84.0 Å². The van der Waals surface area contributed by atoms with Gasteiger partial charge in [0, 0.05) is 0 Å². The predicted octanol–water partition coefficient (Wildman–Crippen LogP) is 3.11. The molecule has 1 rings (SSSR count). The lowest BCUT2D eigenvalue weighted by Crippen LogP contribution is -2.15. The molecule has 0 bridgehead atoms. The Kier molecular flexibility index (Phi) is 6.05. The summed E-state index contributed by atoms with van der Waals surface area (Å²) in [7, 11) is 0. The first kappa shape index (κ1) is 16.0. The summed E-state index contributed by atoms with van der Waals surface area (Å²) in [5, 5.41) is 0.112. The zero-order valence-electron chi connectivity index (χ0n) is 11.3. The average Bonchev–Trinajstić information content (AvgIpc) is 2.36. The molecule has 0 amide bonds. The molecular formula is C12H14ClNO6. The number of carbonyl (C=O) groups excluding carboxylic acids is 2. The fourth-order valence-electron chi connectivity index (χ4n) is 1.16. The van der Waals surface area contributed by atoms with Crippen LogP contribution < -0.4 is 9.47 Å². The summed E-state index contributed by atoms with van der Waals surface area (Å²) >= 11 is 5.83. The molecule has 0 aliphatic heterocycles. The van der Waals surface area contributed by atoms with Gasteiger partial charge in [0.05, 0.1) is 13.2 Å². The van der Waals surface area contributed by atoms with Gasteiger partial charge in [-0.25, -0.2) is 9.59 Å². The zero-order chi connectivity index (χ0) is 15.1. The fraction of sp³-hybridized carbons (Fsp3) is 0.417. The Morgan fingerprint density at radius 2 is 1.70 bits per heavy atom. The molecule has 8 heteroatoms.